The predicted molar refractivity (Wildman–Crippen MR) is 134 cm³/mol. The van der Waals surface area contributed by atoms with Crippen molar-refractivity contribution in [3.63, 3.8) is 0 Å². The molecular weight excluding hydrogens is 428 g/mol. The molecule has 4 nitrogen and oxygen atoms in total. The molecule has 0 aromatic heterocycles. The third-order valence-corrected chi connectivity index (χ3v) is 7.45. The van der Waals surface area contributed by atoms with E-state index in [9.17, 15) is 9.50 Å². The van der Waals surface area contributed by atoms with Crippen LogP contribution >= 0.6 is 11.8 Å². The maximum Gasteiger partial charge on any atom is 0.163 e. The standard InChI is InChI=1S/C25H37F2N3OS/c1-7-13-32-23(17(4)8-2)24-29-15-19(20(28-6)12-10-11-18(5)26)21-14-25(27,16-30(21)24)22(31)9-3/h7,9-10,12-13,17-18,22-23,31H,3,8,11,14-16H2,1-2,4-6H3/b12-10-,13-7-,28-20?. The summed E-state index contributed by atoms with van der Waals surface area (Å²) in [6.45, 7) is 11.8. The van der Waals surface area contributed by atoms with Gasteiger partial charge in [-0.2, -0.15) is 0 Å². The Kier molecular flexibility index (Phi) is 9.89. The Morgan fingerprint density at radius 3 is 2.72 bits per heavy atom. The number of aliphatic hydroxyl groups excluding tert-OH is 1. The van der Waals surface area contributed by atoms with Gasteiger partial charge in [0.25, 0.3) is 0 Å². The van der Waals surface area contributed by atoms with Gasteiger partial charge in [0.05, 0.1) is 24.1 Å². The first-order chi connectivity index (χ1) is 15.2. The zero-order chi connectivity index (χ0) is 23.9. The van der Waals surface area contributed by atoms with Gasteiger partial charge in [-0.3, -0.25) is 9.98 Å². The number of thioether (sulfide) groups is 1. The predicted octanol–water partition coefficient (Wildman–Crippen LogP) is 5.67. The summed E-state index contributed by atoms with van der Waals surface area (Å²) >= 11 is 1.69. The molecule has 0 aromatic carbocycles. The maximum absolute atomic E-state index is 15.9. The van der Waals surface area contributed by atoms with E-state index in [-0.39, 0.29) is 24.6 Å². The summed E-state index contributed by atoms with van der Waals surface area (Å²) in [5.74, 6) is 1.18. The number of allylic oxidation sites excluding steroid dienone is 4. The minimum Gasteiger partial charge on any atom is -0.386 e. The number of hydrogen-bond acceptors (Lipinski definition) is 5. The summed E-state index contributed by atoms with van der Waals surface area (Å²) in [4.78, 5) is 11.2. The molecule has 0 bridgehead atoms. The lowest BCUT2D eigenvalue weighted by molar-refractivity contribution is 0.0330. The summed E-state index contributed by atoms with van der Waals surface area (Å²) in [6.07, 6.45) is 5.89. The summed E-state index contributed by atoms with van der Waals surface area (Å²) in [7, 11) is 1.68. The lowest BCUT2D eigenvalue weighted by Crippen LogP contribution is -2.45. The van der Waals surface area contributed by atoms with E-state index in [0.29, 0.717) is 18.2 Å². The first-order valence-electron chi connectivity index (χ1n) is 11.3. The van der Waals surface area contributed by atoms with E-state index in [1.807, 2.05) is 17.9 Å². The second kappa shape index (κ2) is 11.9. The summed E-state index contributed by atoms with van der Waals surface area (Å²) in [6, 6.07) is 0. The van der Waals surface area contributed by atoms with Crippen LogP contribution in [0, 0.1) is 5.92 Å². The van der Waals surface area contributed by atoms with Crippen LogP contribution < -0.4 is 0 Å². The van der Waals surface area contributed by atoms with Crippen LogP contribution in [0.25, 0.3) is 0 Å². The minimum absolute atomic E-state index is 0.0173. The van der Waals surface area contributed by atoms with Gasteiger partial charge < -0.3 is 10.0 Å². The molecule has 1 N–H and O–H groups in total. The normalized spacial score (nSPS) is 25.8. The van der Waals surface area contributed by atoms with E-state index in [4.69, 9.17) is 4.99 Å². The molecule has 0 aliphatic carbocycles. The van der Waals surface area contributed by atoms with Crippen LogP contribution in [0.4, 0.5) is 8.78 Å². The van der Waals surface area contributed by atoms with Crippen molar-refractivity contribution in [1.82, 2.24) is 4.90 Å². The van der Waals surface area contributed by atoms with Crippen molar-refractivity contribution < 1.29 is 13.9 Å². The van der Waals surface area contributed by atoms with Crippen LogP contribution in [0.1, 0.15) is 47.0 Å². The van der Waals surface area contributed by atoms with Crippen molar-refractivity contribution in [3.05, 3.63) is 47.6 Å². The molecule has 1 saturated heterocycles. The SMILES string of the molecule is C=CC(O)C1(F)CC2=C(C(/C=C\CC(C)F)=NC)CN=C(C(S/C=C\C)C(C)CC)N2C1. The number of halogens is 2. The second-order valence-electron chi connectivity index (χ2n) is 8.52. The molecule has 2 heterocycles. The molecule has 32 heavy (non-hydrogen) atoms. The Labute approximate surface area is 196 Å². The average molecular weight is 466 g/mol. The molecule has 0 radical (unpaired) electrons. The van der Waals surface area contributed by atoms with Crippen molar-refractivity contribution in [2.45, 2.75) is 70.2 Å². The monoisotopic (exact) mass is 465 g/mol. The molecule has 178 valence electrons. The lowest BCUT2D eigenvalue weighted by atomic mass is 9.94. The summed E-state index contributed by atoms with van der Waals surface area (Å²) < 4.78 is 29.2. The Morgan fingerprint density at radius 2 is 2.16 bits per heavy atom. The molecule has 2 aliphatic heterocycles. The smallest absolute Gasteiger partial charge is 0.163 e. The van der Waals surface area contributed by atoms with Crippen LogP contribution in [0.15, 0.2) is 57.5 Å². The fourth-order valence-corrected chi connectivity index (χ4v) is 5.11. The first-order valence-corrected chi connectivity index (χ1v) is 12.2. The Morgan fingerprint density at radius 1 is 1.44 bits per heavy atom. The number of aliphatic hydroxyl groups is 1. The van der Waals surface area contributed by atoms with E-state index in [2.05, 4.69) is 30.8 Å². The zero-order valence-electron chi connectivity index (χ0n) is 19.9. The van der Waals surface area contributed by atoms with Gasteiger partial charge in [-0.25, -0.2) is 8.78 Å². The number of rotatable bonds is 11. The van der Waals surface area contributed by atoms with Crippen LogP contribution in [0.5, 0.6) is 0 Å². The number of amidine groups is 1. The van der Waals surface area contributed by atoms with Gasteiger partial charge in [-0.15, -0.1) is 18.3 Å². The van der Waals surface area contributed by atoms with Crippen molar-refractivity contribution in [2.75, 3.05) is 20.1 Å². The third kappa shape index (κ3) is 5.98. The molecule has 1 fully saturated rings. The molecule has 5 unspecified atom stereocenters. The number of nitrogens with zero attached hydrogens (tertiary/aromatic N) is 3. The largest absolute Gasteiger partial charge is 0.386 e. The van der Waals surface area contributed by atoms with E-state index < -0.39 is 17.9 Å². The molecule has 2 rings (SSSR count). The van der Waals surface area contributed by atoms with Crippen LogP contribution in [-0.4, -0.2) is 64.9 Å². The van der Waals surface area contributed by atoms with Crippen molar-refractivity contribution in [2.24, 2.45) is 15.9 Å². The fraction of sp³-hybridized carbons (Fsp3) is 0.600. The number of alkyl halides is 2. The van der Waals surface area contributed by atoms with E-state index in [1.54, 1.807) is 31.0 Å². The minimum atomic E-state index is -1.85. The van der Waals surface area contributed by atoms with E-state index in [0.717, 1.165) is 23.5 Å². The Bertz CT molecular complexity index is 818. The summed E-state index contributed by atoms with van der Waals surface area (Å²) in [5.41, 5.74) is 0.446. The third-order valence-electron chi connectivity index (χ3n) is 6.05. The molecule has 0 spiro atoms. The van der Waals surface area contributed by atoms with Crippen LogP contribution in [0.2, 0.25) is 0 Å². The van der Waals surface area contributed by atoms with Gasteiger partial charge in [-0.05, 0) is 37.7 Å². The molecular formula is C25H37F2N3OS. The lowest BCUT2D eigenvalue weighted by Gasteiger charge is -2.35. The average Bonchev–Trinajstić information content (AvgIpc) is 3.14. The van der Waals surface area contributed by atoms with Gasteiger partial charge in [0.15, 0.2) is 5.67 Å². The van der Waals surface area contributed by atoms with Crippen molar-refractivity contribution in [1.29, 1.82) is 0 Å². The first kappa shape index (κ1) is 26.5. The van der Waals surface area contributed by atoms with Gasteiger partial charge in [0, 0.05) is 24.7 Å². The maximum atomic E-state index is 15.9. The molecule has 5 atom stereocenters. The quantitative estimate of drug-likeness (QED) is 0.316. The Hall–Kier alpha value is -1.73. The number of hydrogen-bond donors (Lipinski definition) is 1. The number of fused-ring (bicyclic) bond motifs is 1. The molecule has 0 saturated carbocycles. The second-order valence-corrected chi connectivity index (χ2v) is 9.57. The molecule has 2 aliphatic rings. The Balaban J connectivity index is 2.51. The highest BCUT2D eigenvalue weighted by molar-refractivity contribution is 8.03. The molecule has 0 aromatic rings. The summed E-state index contributed by atoms with van der Waals surface area (Å²) in [5, 5.41) is 12.5. The van der Waals surface area contributed by atoms with Gasteiger partial charge in [0.1, 0.15) is 18.1 Å². The van der Waals surface area contributed by atoms with Gasteiger partial charge in [0.2, 0.25) is 0 Å². The van der Waals surface area contributed by atoms with Crippen LogP contribution in [0.3, 0.4) is 0 Å². The zero-order valence-corrected chi connectivity index (χ0v) is 20.7. The van der Waals surface area contributed by atoms with Gasteiger partial charge in [-0.1, -0.05) is 38.5 Å². The van der Waals surface area contributed by atoms with Gasteiger partial charge >= 0.3 is 0 Å². The van der Waals surface area contributed by atoms with Crippen molar-refractivity contribution >= 4 is 23.3 Å². The molecule has 7 heteroatoms. The number of aliphatic imine (C=N–C) groups is 2. The van der Waals surface area contributed by atoms with Crippen molar-refractivity contribution in [3.8, 4) is 0 Å². The van der Waals surface area contributed by atoms with E-state index >= 15 is 4.39 Å². The fourth-order valence-electron chi connectivity index (χ4n) is 4.00. The highest BCUT2D eigenvalue weighted by Gasteiger charge is 2.50. The topological polar surface area (TPSA) is 48.2 Å². The molecule has 0 amide bonds. The highest BCUT2D eigenvalue weighted by atomic mass is 32.2. The highest BCUT2D eigenvalue weighted by Crippen LogP contribution is 2.42. The van der Waals surface area contributed by atoms with E-state index in [1.165, 1.54) is 13.0 Å². The van der Waals surface area contributed by atoms with Crippen LogP contribution in [-0.2, 0) is 0 Å².